The molecule has 0 saturated carbocycles. The van der Waals surface area contributed by atoms with Crippen LogP contribution < -0.4 is 15.4 Å². The van der Waals surface area contributed by atoms with Crippen molar-refractivity contribution in [1.82, 2.24) is 5.32 Å². The van der Waals surface area contributed by atoms with E-state index in [1.54, 1.807) is 19.1 Å². The molecule has 3 rings (SSSR count). The standard InChI is InChI=1S/C24H28N2O6/c1-2-31-24(29)32-21-8-6-19(7-9-21)23(28)25-16-18-4-3-5-20(14-18)26-22(27)15-17-10-12-30-13-11-17/h3-9,14,17H,2,10-13,15-16H2,1H3,(H,25,28)(H,26,27). The summed E-state index contributed by atoms with van der Waals surface area (Å²) in [4.78, 5) is 36.1. The maximum Gasteiger partial charge on any atom is 0.513 e. The zero-order valence-electron chi connectivity index (χ0n) is 18.1. The van der Waals surface area contributed by atoms with Crippen molar-refractivity contribution in [2.45, 2.75) is 32.7 Å². The van der Waals surface area contributed by atoms with E-state index in [0.717, 1.165) is 18.4 Å². The minimum absolute atomic E-state index is 0.0109. The van der Waals surface area contributed by atoms with E-state index in [9.17, 15) is 14.4 Å². The van der Waals surface area contributed by atoms with E-state index in [-0.39, 0.29) is 18.4 Å². The number of carbonyl (C=O) groups is 3. The van der Waals surface area contributed by atoms with Crippen LogP contribution >= 0.6 is 0 Å². The molecule has 1 saturated heterocycles. The van der Waals surface area contributed by atoms with Crippen LogP contribution in [-0.2, 0) is 20.8 Å². The van der Waals surface area contributed by atoms with Gasteiger partial charge in [0.05, 0.1) is 6.61 Å². The smallest absolute Gasteiger partial charge is 0.434 e. The molecule has 0 bridgehead atoms. The van der Waals surface area contributed by atoms with Crippen molar-refractivity contribution in [3.63, 3.8) is 0 Å². The molecule has 2 aromatic carbocycles. The Bertz CT molecular complexity index is 922. The van der Waals surface area contributed by atoms with Crippen LogP contribution in [0.1, 0.15) is 42.1 Å². The highest BCUT2D eigenvalue weighted by Crippen LogP contribution is 2.20. The van der Waals surface area contributed by atoms with Gasteiger partial charge < -0.3 is 24.8 Å². The molecule has 170 valence electrons. The third-order valence-corrected chi connectivity index (χ3v) is 5.06. The van der Waals surface area contributed by atoms with E-state index in [1.165, 1.54) is 12.1 Å². The summed E-state index contributed by atoms with van der Waals surface area (Å²) in [5.41, 5.74) is 2.00. The van der Waals surface area contributed by atoms with Crippen LogP contribution in [0.3, 0.4) is 0 Å². The fourth-order valence-corrected chi connectivity index (χ4v) is 3.39. The van der Waals surface area contributed by atoms with Gasteiger partial charge in [-0.25, -0.2) is 4.79 Å². The Balaban J connectivity index is 1.48. The van der Waals surface area contributed by atoms with Crippen molar-refractivity contribution in [1.29, 1.82) is 0 Å². The van der Waals surface area contributed by atoms with Gasteiger partial charge in [0, 0.05) is 37.4 Å². The average molecular weight is 440 g/mol. The molecule has 2 amide bonds. The third kappa shape index (κ3) is 7.39. The van der Waals surface area contributed by atoms with Gasteiger partial charge >= 0.3 is 6.16 Å². The van der Waals surface area contributed by atoms with E-state index in [0.29, 0.717) is 49.1 Å². The Morgan fingerprint density at radius 2 is 1.81 bits per heavy atom. The summed E-state index contributed by atoms with van der Waals surface area (Å²) < 4.78 is 15.0. The molecule has 8 heteroatoms. The normalized spacial score (nSPS) is 13.8. The molecule has 1 heterocycles. The number of amides is 2. The highest BCUT2D eigenvalue weighted by molar-refractivity contribution is 5.94. The van der Waals surface area contributed by atoms with E-state index < -0.39 is 6.16 Å². The lowest BCUT2D eigenvalue weighted by Crippen LogP contribution is -2.23. The second kappa shape index (κ2) is 11.9. The molecule has 0 aliphatic carbocycles. The van der Waals surface area contributed by atoms with Gasteiger partial charge in [-0.2, -0.15) is 0 Å². The van der Waals surface area contributed by atoms with Gasteiger partial charge in [-0.05, 0) is 67.6 Å². The largest absolute Gasteiger partial charge is 0.513 e. The number of hydrogen-bond donors (Lipinski definition) is 2. The topological polar surface area (TPSA) is 103 Å². The molecule has 0 atom stereocenters. The summed E-state index contributed by atoms with van der Waals surface area (Å²) in [7, 11) is 0. The van der Waals surface area contributed by atoms with Gasteiger partial charge in [0.15, 0.2) is 0 Å². The highest BCUT2D eigenvalue weighted by Gasteiger charge is 2.17. The number of anilines is 1. The molecule has 1 aliphatic heterocycles. The molecule has 0 spiro atoms. The Labute approximate surface area is 187 Å². The SMILES string of the molecule is CCOC(=O)Oc1ccc(C(=O)NCc2cccc(NC(=O)CC3CCOCC3)c2)cc1. The fraction of sp³-hybridized carbons (Fsp3) is 0.375. The van der Waals surface area contributed by atoms with Crippen molar-refractivity contribution >= 4 is 23.7 Å². The summed E-state index contributed by atoms with van der Waals surface area (Å²) in [6.45, 7) is 3.65. The average Bonchev–Trinajstić information content (AvgIpc) is 2.79. The molecule has 8 nitrogen and oxygen atoms in total. The number of nitrogens with one attached hydrogen (secondary N) is 2. The minimum Gasteiger partial charge on any atom is -0.434 e. The van der Waals surface area contributed by atoms with Crippen molar-refractivity contribution in [2.75, 3.05) is 25.1 Å². The molecule has 2 aromatic rings. The van der Waals surface area contributed by atoms with Crippen molar-refractivity contribution < 1.29 is 28.6 Å². The fourth-order valence-electron chi connectivity index (χ4n) is 3.39. The van der Waals surface area contributed by atoms with Crippen molar-refractivity contribution in [2.24, 2.45) is 5.92 Å². The molecule has 0 unspecified atom stereocenters. The van der Waals surface area contributed by atoms with Crippen LogP contribution in [0.15, 0.2) is 48.5 Å². The van der Waals surface area contributed by atoms with Crippen LogP contribution in [0.4, 0.5) is 10.5 Å². The number of rotatable bonds is 8. The first kappa shape index (κ1) is 23.3. The molecule has 1 fully saturated rings. The van der Waals surface area contributed by atoms with Gasteiger partial charge in [-0.3, -0.25) is 9.59 Å². The summed E-state index contributed by atoms with van der Waals surface area (Å²) in [5, 5.41) is 5.78. The summed E-state index contributed by atoms with van der Waals surface area (Å²) >= 11 is 0. The van der Waals surface area contributed by atoms with E-state index in [4.69, 9.17) is 14.2 Å². The van der Waals surface area contributed by atoms with Crippen LogP contribution in [0.5, 0.6) is 5.75 Å². The second-order valence-corrected chi connectivity index (χ2v) is 7.50. The first-order chi connectivity index (χ1) is 15.5. The van der Waals surface area contributed by atoms with Crippen LogP contribution in [0, 0.1) is 5.92 Å². The van der Waals surface area contributed by atoms with Crippen molar-refractivity contribution in [3.8, 4) is 5.75 Å². The number of ether oxygens (including phenoxy) is 3. The molecule has 0 aromatic heterocycles. The zero-order valence-corrected chi connectivity index (χ0v) is 18.1. The van der Waals surface area contributed by atoms with E-state index in [1.807, 2.05) is 24.3 Å². The summed E-state index contributed by atoms with van der Waals surface area (Å²) in [6.07, 6.45) is 1.52. The summed E-state index contributed by atoms with van der Waals surface area (Å²) in [6, 6.07) is 13.6. The van der Waals surface area contributed by atoms with E-state index in [2.05, 4.69) is 10.6 Å². The third-order valence-electron chi connectivity index (χ3n) is 5.06. The monoisotopic (exact) mass is 440 g/mol. The molecular weight excluding hydrogens is 412 g/mol. The Kier molecular flexibility index (Phi) is 8.62. The Morgan fingerprint density at radius 1 is 1.06 bits per heavy atom. The first-order valence-corrected chi connectivity index (χ1v) is 10.7. The van der Waals surface area contributed by atoms with Gasteiger partial charge in [-0.1, -0.05) is 12.1 Å². The predicted octanol–water partition coefficient (Wildman–Crippen LogP) is 3.91. The first-order valence-electron chi connectivity index (χ1n) is 10.7. The molecule has 2 N–H and O–H groups in total. The van der Waals surface area contributed by atoms with Gasteiger partial charge in [0.2, 0.25) is 5.91 Å². The van der Waals surface area contributed by atoms with Gasteiger partial charge in [-0.15, -0.1) is 0 Å². The maximum absolute atomic E-state index is 12.4. The number of hydrogen-bond acceptors (Lipinski definition) is 6. The minimum atomic E-state index is -0.788. The number of benzene rings is 2. The number of carbonyl (C=O) groups excluding carboxylic acids is 3. The van der Waals surface area contributed by atoms with Crippen LogP contribution in [0.25, 0.3) is 0 Å². The molecule has 32 heavy (non-hydrogen) atoms. The van der Waals surface area contributed by atoms with Gasteiger partial charge in [0.25, 0.3) is 5.91 Å². The quantitative estimate of drug-likeness (QED) is 0.477. The lowest BCUT2D eigenvalue weighted by atomic mass is 9.96. The lowest BCUT2D eigenvalue weighted by Gasteiger charge is -2.21. The van der Waals surface area contributed by atoms with Crippen LogP contribution in [-0.4, -0.2) is 37.8 Å². The van der Waals surface area contributed by atoms with Crippen molar-refractivity contribution in [3.05, 3.63) is 59.7 Å². The van der Waals surface area contributed by atoms with Crippen LogP contribution in [0.2, 0.25) is 0 Å². The molecule has 1 aliphatic rings. The van der Waals surface area contributed by atoms with Gasteiger partial charge in [0.1, 0.15) is 5.75 Å². The molecule has 0 radical (unpaired) electrons. The van der Waals surface area contributed by atoms with E-state index >= 15 is 0 Å². The maximum atomic E-state index is 12.4. The second-order valence-electron chi connectivity index (χ2n) is 7.50. The predicted molar refractivity (Wildman–Crippen MR) is 118 cm³/mol. The summed E-state index contributed by atoms with van der Waals surface area (Å²) in [5.74, 6) is 0.384. The Morgan fingerprint density at radius 3 is 2.53 bits per heavy atom. The Hall–Kier alpha value is -3.39. The highest BCUT2D eigenvalue weighted by atomic mass is 16.7. The zero-order chi connectivity index (χ0) is 22.8. The lowest BCUT2D eigenvalue weighted by molar-refractivity contribution is -0.117. The molecular formula is C24H28N2O6.